The molecule has 1 atom stereocenters. The van der Waals surface area contributed by atoms with Gasteiger partial charge in [0.25, 0.3) is 0 Å². The van der Waals surface area contributed by atoms with Gasteiger partial charge in [0.05, 0.1) is 0 Å². The predicted molar refractivity (Wildman–Crippen MR) is 85.5 cm³/mol. The van der Waals surface area contributed by atoms with Crippen molar-refractivity contribution < 1.29 is 0 Å². The summed E-state index contributed by atoms with van der Waals surface area (Å²) in [4.78, 5) is 2.75. The van der Waals surface area contributed by atoms with Crippen LogP contribution in [0.3, 0.4) is 0 Å². The zero-order chi connectivity index (χ0) is 13.8. The van der Waals surface area contributed by atoms with Crippen molar-refractivity contribution >= 4 is 34.5 Å². The van der Waals surface area contributed by atoms with Gasteiger partial charge in [0.2, 0.25) is 0 Å². The summed E-state index contributed by atoms with van der Waals surface area (Å²) in [5.74, 6) is 0. The lowest BCUT2D eigenvalue weighted by atomic mass is 10.0. The number of benzene rings is 1. The first-order chi connectivity index (χ1) is 9.08. The van der Waals surface area contributed by atoms with E-state index in [4.69, 9.17) is 28.9 Å². The van der Waals surface area contributed by atoms with Crippen LogP contribution in [0.5, 0.6) is 0 Å². The summed E-state index contributed by atoms with van der Waals surface area (Å²) in [5.41, 5.74) is 7.27. The topological polar surface area (TPSA) is 26.0 Å². The highest BCUT2D eigenvalue weighted by Gasteiger charge is 2.10. The first-order valence-electron chi connectivity index (χ1n) is 6.35. The number of hydrogen-bond donors (Lipinski definition) is 1. The normalized spacial score (nSPS) is 12.6. The van der Waals surface area contributed by atoms with E-state index in [9.17, 15) is 0 Å². The Labute approximate surface area is 128 Å². The molecule has 0 amide bonds. The lowest BCUT2D eigenvalue weighted by molar-refractivity contribution is 0.671. The lowest BCUT2D eigenvalue weighted by Gasteiger charge is -2.12. The Morgan fingerprint density at radius 3 is 2.47 bits per heavy atom. The van der Waals surface area contributed by atoms with E-state index in [0.717, 1.165) is 24.8 Å². The molecular formula is C15H17Cl2NS. The van der Waals surface area contributed by atoms with Crippen LogP contribution in [-0.2, 0) is 19.3 Å². The van der Waals surface area contributed by atoms with Crippen LogP contribution in [0.1, 0.15) is 22.2 Å². The van der Waals surface area contributed by atoms with Crippen molar-refractivity contribution in [1.82, 2.24) is 0 Å². The van der Waals surface area contributed by atoms with Crippen molar-refractivity contribution in [3.63, 3.8) is 0 Å². The van der Waals surface area contributed by atoms with Crippen molar-refractivity contribution in [3.8, 4) is 0 Å². The SMILES string of the molecule is CCc1ccc(CC(N)Cc2ccc(Cl)cc2Cl)s1. The average Bonchev–Trinajstić information content (AvgIpc) is 2.80. The summed E-state index contributed by atoms with van der Waals surface area (Å²) < 4.78 is 0. The Bertz CT molecular complexity index is 551. The van der Waals surface area contributed by atoms with Gasteiger partial charge in [0.1, 0.15) is 0 Å². The molecule has 2 aromatic rings. The molecule has 2 N–H and O–H groups in total. The Balaban J connectivity index is 1.98. The van der Waals surface area contributed by atoms with E-state index in [-0.39, 0.29) is 6.04 Å². The molecule has 0 aliphatic carbocycles. The Kier molecular flexibility index (Phi) is 5.28. The van der Waals surface area contributed by atoms with E-state index in [0.29, 0.717) is 10.0 Å². The van der Waals surface area contributed by atoms with E-state index in [1.807, 2.05) is 23.5 Å². The third-order valence-corrected chi connectivity index (χ3v) is 4.87. The molecular weight excluding hydrogens is 297 g/mol. The first kappa shape index (κ1) is 14.9. The van der Waals surface area contributed by atoms with Crippen LogP contribution in [0.25, 0.3) is 0 Å². The van der Waals surface area contributed by atoms with Crippen molar-refractivity contribution in [2.24, 2.45) is 5.73 Å². The van der Waals surface area contributed by atoms with Gasteiger partial charge in [-0.25, -0.2) is 0 Å². The highest BCUT2D eigenvalue weighted by atomic mass is 35.5. The van der Waals surface area contributed by atoms with Crippen molar-refractivity contribution in [2.45, 2.75) is 32.2 Å². The molecule has 0 saturated carbocycles. The van der Waals surface area contributed by atoms with Crippen LogP contribution in [-0.4, -0.2) is 6.04 Å². The smallest absolute Gasteiger partial charge is 0.0453 e. The molecule has 0 spiro atoms. The molecule has 1 unspecified atom stereocenters. The molecule has 0 radical (unpaired) electrons. The molecule has 0 saturated heterocycles. The fourth-order valence-electron chi connectivity index (χ4n) is 2.02. The Morgan fingerprint density at radius 2 is 1.84 bits per heavy atom. The van der Waals surface area contributed by atoms with Crippen molar-refractivity contribution in [2.75, 3.05) is 0 Å². The molecule has 0 fully saturated rings. The summed E-state index contributed by atoms with van der Waals surface area (Å²) in [6.45, 7) is 2.17. The van der Waals surface area contributed by atoms with Crippen molar-refractivity contribution in [3.05, 3.63) is 55.7 Å². The number of thiophene rings is 1. The average molecular weight is 314 g/mol. The van der Waals surface area contributed by atoms with Gasteiger partial charge in [-0.05, 0) is 49.1 Å². The van der Waals surface area contributed by atoms with E-state index in [1.165, 1.54) is 9.75 Å². The minimum Gasteiger partial charge on any atom is -0.327 e. The molecule has 19 heavy (non-hydrogen) atoms. The van der Waals surface area contributed by atoms with Crippen LogP contribution >= 0.6 is 34.5 Å². The van der Waals surface area contributed by atoms with E-state index >= 15 is 0 Å². The fraction of sp³-hybridized carbons (Fsp3) is 0.333. The number of nitrogens with two attached hydrogens (primary N) is 1. The molecule has 1 aromatic heterocycles. The van der Waals surface area contributed by atoms with E-state index < -0.39 is 0 Å². The fourth-order valence-corrected chi connectivity index (χ4v) is 3.56. The standard InChI is InChI=1S/C15H17Cl2NS/c1-2-13-5-6-14(19-13)9-12(18)7-10-3-4-11(16)8-15(10)17/h3-6,8,12H,2,7,9,18H2,1H3. The van der Waals surface area contributed by atoms with Crippen LogP contribution in [0.2, 0.25) is 10.0 Å². The summed E-state index contributed by atoms with van der Waals surface area (Å²) in [7, 11) is 0. The molecule has 0 bridgehead atoms. The van der Waals surface area contributed by atoms with Gasteiger partial charge in [0, 0.05) is 25.8 Å². The molecule has 1 heterocycles. The maximum Gasteiger partial charge on any atom is 0.0453 e. The second-order valence-corrected chi connectivity index (χ2v) is 6.72. The van der Waals surface area contributed by atoms with E-state index in [1.54, 1.807) is 6.07 Å². The third-order valence-electron chi connectivity index (χ3n) is 3.03. The molecule has 2 rings (SSSR count). The largest absolute Gasteiger partial charge is 0.327 e. The minimum atomic E-state index is 0.0852. The van der Waals surface area contributed by atoms with Crippen molar-refractivity contribution in [1.29, 1.82) is 0 Å². The van der Waals surface area contributed by atoms with Crippen LogP contribution < -0.4 is 5.73 Å². The maximum atomic E-state index is 6.21. The summed E-state index contributed by atoms with van der Waals surface area (Å²) >= 11 is 13.9. The summed E-state index contributed by atoms with van der Waals surface area (Å²) in [5, 5.41) is 1.36. The van der Waals surface area contributed by atoms with Gasteiger partial charge >= 0.3 is 0 Å². The lowest BCUT2D eigenvalue weighted by Crippen LogP contribution is -2.25. The summed E-state index contributed by atoms with van der Waals surface area (Å²) in [6, 6.07) is 10.0. The van der Waals surface area contributed by atoms with Crippen LogP contribution in [0.15, 0.2) is 30.3 Å². The second kappa shape index (κ2) is 6.76. The number of rotatable bonds is 5. The van der Waals surface area contributed by atoms with Gasteiger partial charge in [-0.3, -0.25) is 0 Å². The van der Waals surface area contributed by atoms with Gasteiger partial charge in [0.15, 0.2) is 0 Å². The number of halogens is 2. The molecule has 0 aliphatic heterocycles. The highest BCUT2D eigenvalue weighted by molar-refractivity contribution is 7.11. The number of aryl methyl sites for hydroxylation is 1. The predicted octanol–water partition coefficient (Wildman–Crippen LogP) is 4.73. The zero-order valence-electron chi connectivity index (χ0n) is 10.8. The van der Waals surface area contributed by atoms with Crippen LogP contribution in [0, 0.1) is 0 Å². The molecule has 1 nitrogen and oxygen atoms in total. The molecule has 0 aliphatic rings. The quantitative estimate of drug-likeness (QED) is 0.848. The zero-order valence-corrected chi connectivity index (χ0v) is 13.2. The van der Waals surface area contributed by atoms with Gasteiger partial charge < -0.3 is 5.73 Å². The monoisotopic (exact) mass is 313 g/mol. The molecule has 102 valence electrons. The Hall–Kier alpha value is -0.540. The second-order valence-electron chi connectivity index (χ2n) is 4.63. The Morgan fingerprint density at radius 1 is 1.11 bits per heavy atom. The van der Waals surface area contributed by atoms with Gasteiger partial charge in [-0.2, -0.15) is 0 Å². The van der Waals surface area contributed by atoms with Gasteiger partial charge in [-0.15, -0.1) is 11.3 Å². The number of hydrogen-bond acceptors (Lipinski definition) is 2. The van der Waals surface area contributed by atoms with E-state index in [2.05, 4.69) is 19.1 Å². The van der Waals surface area contributed by atoms with Crippen LogP contribution in [0.4, 0.5) is 0 Å². The maximum absolute atomic E-state index is 6.21. The molecule has 1 aromatic carbocycles. The highest BCUT2D eigenvalue weighted by Crippen LogP contribution is 2.23. The molecule has 4 heteroatoms. The first-order valence-corrected chi connectivity index (χ1v) is 7.92. The minimum absolute atomic E-state index is 0.0852. The summed E-state index contributed by atoms with van der Waals surface area (Å²) in [6.07, 6.45) is 2.75. The third kappa shape index (κ3) is 4.22. The van der Waals surface area contributed by atoms with Gasteiger partial charge in [-0.1, -0.05) is 36.2 Å².